The largest absolute Gasteiger partial charge is 0.329 e. The summed E-state index contributed by atoms with van der Waals surface area (Å²) < 4.78 is 28.5. The van der Waals surface area contributed by atoms with Crippen molar-refractivity contribution in [2.24, 2.45) is 5.73 Å². The van der Waals surface area contributed by atoms with Gasteiger partial charge >= 0.3 is 0 Å². The Kier molecular flexibility index (Phi) is 5.58. The van der Waals surface area contributed by atoms with Gasteiger partial charge in [-0.1, -0.05) is 6.42 Å². The topological polar surface area (TPSA) is 69.9 Å². The minimum atomic E-state index is -3.24. The van der Waals surface area contributed by atoms with Gasteiger partial charge in [-0.25, -0.2) is 0 Å². The van der Waals surface area contributed by atoms with Crippen molar-refractivity contribution in [1.82, 2.24) is 13.5 Å². The second-order valence-electron chi connectivity index (χ2n) is 5.35. The minimum absolute atomic E-state index is 0.596. The number of nitrogens with zero attached hydrogens (tertiary/aromatic N) is 3. The Hall–Kier alpha value is -0.210. The molecule has 0 radical (unpaired) electrons. The van der Waals surface area contributed by atoms with Gasteiger partial charge in [0.05, 0.1) is 0 Å². The number of rotatable bonds is 4. The molecule has 2 aliphatic rings. The summed E-state index contributed by atoms with van der Waals surface area (Å²) >= 11 is 0. The van der Waals surface area contributed by atoms with Crippen LogP contribution in [0.2, 0.25) is 0 Å². The molecule has 0 aromatic heterocycles. The first-order chi connectivity index (χ1) is 9.14. The van der Waals surface area contributed by atoms with Crippen molar-refractivity contribution in [2.75, 3.05) is 52.4 Å². The third-order valence-electron chi connectivity index (χ3n) is 3.96. The Morgan fingerprint density at radius 3 is 2.11 bits per heavy atom. The van der Waals surface area contributed by atoms with Gasteiger partial charge in [0.2, 0.25) is 0 Å². The molecule has 6 nitrogen and oxygen atoms in total. The van der Waals surface area contributed by atoms with Crippen LogP contribution in [0.15, 0.2) is 0 Å². The summed E-state index contributed by atoms with van der Waals surface area (Å²) in [7, 11) is -3.24. The molecule has 0 amide bonds. The van der Waals surface area contributed by atoms with Crippen LogP contribution in [0.1, 0.15) is 25.7 Å². The van der Waals surface area contributed by atoms with Gasteiger partial charge in [0.15, 0.2) is 0 Å². The first-order valence-electron chi connectivity index (χ1n) is 7.32. The second-order valence-corrected chi connectivity index (χ2v) is 7.28. The van der Waals surface area contributed by atoms with E-state index < -0.39 is 10.2 Å². The maximum absolute atomic E-state index is 12.6. The van der Waals surface area contributed by atoms with E-state index in [1.165, 1.54) is 0 Å². The van der Waals surface area contributed by atoms with Crippen molar-refractivity contribution >= 4 is 10.2 Å². The highest BCUT2D eigenvalue weighted by atomic mass is 32.2. The maximum Gasteiger partial charge on any atom is 0.282 e. The van der Waals surface area contributed by atoms with E-state index in [1.807, 2.05) is 0 Å². The molecule has 0 spiro atoms. The normalized spacial score (nSPS) is 25.3. The monoisotopic (exact) mass is 290 g/mol. The van der Waals surface area contributed by atoms with Crippen LogP contribution in [-0.4, -0.2) is 74.3 Å². The smallest absolute Gasteiger partial charge is 0.282 e. The quantitative estimate of drug-likeness (QED) is 0.771. The van der Waals surface area contributed by atoms with Crippen molar-refractivity contribution in [1.29, 1.82) is 0 Å². The molecule has 0 atom stereocenters. The lowest BCUT2D eigenvalue weighted by Gasteiger charge is -2.31. The van der Waals surface area contributed by atoms with E-state index in [4.69, 9.17) is 5.73 Å². The van der Waals surface area contributed by atoms with Crippen molar-refractivity contribution in [3.8, 4) is 0 Å². The molecule has 2 rings (SSSR count). The molecule has 0 aliphatic carbocycles. The molecule has 2 heterocycles. The Morgan fingerprint density at radius 2 is 1.42 bits per heavy atom. The van der Waals surface area contributed by atoms with Crippen LogP contribution in [0.3, 0.4) is 0 Å². The zero-order chi connectivity index (χ0) is 13.7. The standard InChI is InChI=1S/C12H26N4O2S/c13-5-10-14-6-4-9-16(12-11-14)19(17,18)15-7-2-1-3-8-15/h1-13H2. The summed E-state index contributed by atoms with van der Waals surface area (Å²) in [6.45, 7) is 5.85. The highest BCUT2D eigenvalue weighted by Crippen LogP contribution is 2.17. The summed E-state index contributed by atoms with van der Waals surface area (Å²) in [6.07, 6.45) is 4.03. The van der Waals surface area contributed by atoms with Crippen LogP contribution in [0.4, 0.5) is 0 Å². The van der Waals surface area contributed by atoms with Crippen LogP contribution in [0.25, 0.3) is 0 Å². The second kappa shape index (κ2) is 6.99. The van der Waals surface area contributed by atoms with E-state index in [0.717, 1.165) is 45.3 Å². The van der Waals surface area contributed by atoms with Crippen LogP contribution in [0, 0.1) is 0 Å². The average Bonchev–Trinajstić information content (AvgIpc) is 2.66. The average molecular weight is 290 g/mol. The molecule has 0 aromatic rings. The first-order valence-corrected chi connectivity index (χ1v) is 8.72. The zero-order valence-electron chi connectivity index (χ0n) is 11.6. The molecule has 0 saturated carbocycles. The van der Waals surface area contributed by atoms with Gasteiger partial charge in [-0.15, -0.1) is 0 Å². The number of nitrogens with two attached hydrogens (primary N) is 1. The Balaban J connectivity index is 1.96. The first kappa shape index (κ1) is 15.2. The number of hydrogen-bond acceptors (Lipinski definition) is 4. The molecular formula is C12H26N4O2S. The number of piperidine rings is 1. The zero-order valence-corrected chi connectivity index (χ0v) is 12.4. The molecule has 7 heteroatoms. The molecule has 2 fully saturated rings. The minimum Gasteiger partial charge on any atom is -0.329 e. The van der Waals surface area contributed by atoms with Crippen LogP contribution in [0.5, 0.6) is 0 Å². The third kappa shape index (κ3) is 3.88. The third-order valence-corrected chi connectivity index (χ3v) is 6.00. The van der Waals surface area contributed by atoms with Crippen molar-refractivity contribution in [3.63, 3.8) is 0 Å². The predicted octanol–water partition coefficient (Wildman–Crippen LogP) is -0.316. The summed E-state index contributed by atoms with van der Waals surface area (Å²) in [6, 6.07) is 0. The summed E-state index contributed by atoms with van der Waals surface area (Å²) in [5.41, 5.74) is 5.57. The van der Waals surface area contributed by atoms with Crippen molar-refractivity contribution < 1.29 is 8.42 Å². The molecule has 112 valence electrons. The molecular weight excluding hydrogens is 264 g/mol. The lowest BCUT2D eigenvalue weighted by atomic mass is 10.2. The summed E-state index contributed by atoms with van der Waals surface area (Å²) in [5.74, 6) is 0. The summed E-state index contributed by atoms with van der Waals surface area (Å²) in [4.78, 5) is 2.26. The van der Waals surface area contributed by atoms with E-state index in [0.29, 0.717) is 32.7 Å². The molecule has 2 aliphatic heterocycles. The van der Waals surface area contributed by atoms with E-state index in [1.54, 1.807) is 8.61 Å². The lowest BCUT2D eigenvalue weighted by Crippen LogP contribution is -2.47. The van der Waals surface area contributed by atoms with E-state index in [9.17, 15) is 8.42 Å². The van der Waals surface area contributed by atoms with Crippen molar-refractivity contribution in [2.45, 2.75) is 25.7 Å². The van der Waals surface area contributed by atoms with Gasteiger partial charge in [-0.2, -0.15) is 17.0 Å². The molecule has 2 saturated heterocycles. The molecule has 19 heavy (non-hydrogen) atoms. The predicted molar refractivity (Wildman–Crippen MR) is 76.0 cm³/mol. The van der Waals surface area contributed by atoms with Crippen molar-refractivity contribution in [3.05, 3.63) is 0 Å². The van der Waals surface area contributed by atoms with Crippen LogP contribution >= 0.6 is 0 Å². The van der Waals surface area contributed by atoms with Gasteiger partial charge in [-0.3, -0.25) is 0 Å². The summed E-state index contributed by atoms with van der Waals surface area (Å²) in [5, 5.41) is 0. The van der Waals surface area contributed by atoms with Gasteiger partial charge in [0, 0.05) is 45.8 Å². The highest BCUT2D eigenvalue weighted by Gasteiger charge is 2.31. The van der Waals surface area contributed by atoms with Gasteiger partial charge in [0.25, 0.3) is 10.2 Å². The fraction of sp³-hybridized carbons (Fsp3) is 1.00. The molecule has 2 N–H and O–H groups in total. The molecule has 0 unspecified atom stereocenters. The highest BCUT2D eigenvalue weighted by molar-refractivity contribution is 7.86. The van der Waals surface area contributed by atoms with E-state index in [-0.39, 0.29) is 0 Å². The maximum atomic E-state index is 12.6. The van der Waals surface area contributed by atoms with Gasteiger partial charge in [0.1, 0.15) is 0 Å². The Morgan fingerprint density at radius 1 is 0.789 bits per heavy atom. The van der Waals surface area contributed by atoms with Gasteiger partial charge < -0.3 is 10.6 Å². The van der Waals surface area contributed by atoms with Gasteiger partial charge in [-0.05, 0) is 25.8 Å². The fourth-order valence-corrected chi connectivity index (χ4v) is 4.56. The Labute approximate surface area is 116 Å². The van der Waals surface area contributed by atoms with E-state index in [2.05, 4.69) is 4.90 Å². The Bertz CT molecular complexity index is 368. The van der Waals surface area contributed by atoms with E-state index >= 15 is 0 Å². The SMILES string of the molecule is NCCN1CCCN(S(=O)(=O)N2CCCCC2)CC1. The van der Waals surface area contributed by atoms with Crippen LogP contribution in [-0.2, 0) is 10.2 Å². The fourth-order valence-electron chi connectivity index (χ4n) is 2.84. The molecule has 0 bridgehead atoms. The van der Waals surface area contributed by atoms with Crippen LogP contribution < -0.4 is 5.73 Å². The molecule has 0 aromatic carbocycles. The lowest BCUT2D eigenvalue weighted by molar-refractivity contribution is 0.283. The number of hydrogen-bond donors (Lipinski definition) is 1.